The first-order valence-electron chi connectivity index (χ1n) is 9.31. The molecular weight excluding hydrogens is 312 g/mol. The van der Waals surface area contributed by atoms with Crippen molar-refractivity contribution >= 4 is 5.65 Å². The van der Waals surface area contributed by atoms with Crippen LogP contribution in [0.2, 0.25) is 0 Å². The molecule has 0 saturated carbocycles. The van der Waals surface area contributed by atoms with E-state index < -0.39 is 0 Å². The van der Waals surface area contributed by atoms with Gasteiger partial charge in [-0.2, -0.15) is 5.10 Å². The fraction of sp³-hybridized carbons (Fsp3) is 0.526. The Kier molecular flexibility index (Phi) is 3.41. The summed E-state index contributed by atoms with van der Waals surface area (Å²) in [4.78, 5) is 12.1. The average molecular weight is 336 g/mol. The molecule has 0 N–H and O–H groups in total. The van der Waals surface area contributed by atoms with Gasteiger partial charge in [-0.3, -0.25) is 4.90 Å². The summed E-state index contributed by atoms with van der Waals surface area (Å²) < 4.78 is 4.31. The molecule has 0 unspecified atom stereocenters. The van der Waals surface area contributed by atoms with Crippen molar-refractivity contribution in [2.24, 2.45) is 0 Å². The van der Waals surface area contributed by atoms with E-state index in [9.17, 15) is 0 Å². The molecule has 130 valence electrons. The molecule has 0 radical (unpaired) electrons. The molecule has 3 aromatic rings. The average Bonchev–Trinajstić information content (AvgIpc) is 3.32. The first-order chi connectivity index (χ1) is 12.2. The molecule has 0 amide bonds. The molecule has 5 rings (SSSR count). The number of aryl methyl sites for hydroxylation is 2. The van der Waals surface area contributed by atoms with E-state index in [-0.39, 0.29) is 0 Å². The smallest absolute Gasteiger partial charge is 0.166 e. The summed E-state index contributed by atoms with van der Waals surface area (Å²) in [6, 6.07) is 3.22. The Balaban J connectivity index is 1.62. The van der Waals surface area contributed by atoms with Gasteiger partial charge in [-0.1, -0.05) is 0 Å². The van der Waals surface area contributed by atoms with Gasteiger partial charge in [0, 0.05) is 29.8 Å². The van der Waals surface area contributed by atoms with Crippen molar-refractivity contribution in [3.8, 4) is 11.4 Å². The largest absolute Gasteiger partial charge is 0.326 e. The van der Waals surface area contributed by atoms with Gasteiger partial charge in [-0.25, -0.2) is 14.5 Å². The Hall–Kier alpha value is -2.21. The molecule has 2 aliphatic heterocycles. The van der Waals surface area contributed by atoms with Crippen molar-refractivity contribution < 1.29 is 0 Å². The number of piperidine rings is 1. The fourth-order valence-corrected chi connectivity index (χ4v) is 4.80. The van der Waals surface area contributed by atoms with E-state index in [4.69, 9.17) is 9.97 Å². The van der Waals surface area contributed by atoms with Gasteiger partial charge in [0.05, 0.1) is 17.8 Å². The number of fused-ring (bicyclic) bond motifs is 2. The summed E-state index contributed by atoms with van der Waals surface area (Å²) in [5.74, 6) is 1.01. The van der Waals surface area contributed by atoms with Gasteiger partial charge in [0.2, 0.25) is 0 Å². The Morgan fingerprint density at radius 2 is 1.88 bits per heavy atom. The highest BCUT2D eigenvalue weighted by molar-refractivity contribution is 5.73. The van der Waals surface area contributed by atoms with Crippen molar-refractivity contribution in [1.82, 2.24) is 29.0 Å². The maximum atomic E-state index is 4.74. The van der Waals surface area contributed by atoms with Gasteiger partial charge >= 0.3 is 0 Å². The summed E-state index contributed by atoms with van der Waals surface area (Å²) in [6.45, 7) is 6.61. The Labute approximate surface area is 147 Å². The molecule has 2 saturated heterocycles. The lowest BCUT2D eigenvalue weighted by atomic mass is 9.96. The van der Waals surface area contributed by atoms with Crippen LogP contribution in [0.1, 0.15) is 43.1 Å². The predicted molar refractivity (Wildman–Crippen MR) is 96.5 cm³/mol. The number of hydrogen-bond donors (Lipinski definition) is 0. The van der Waals surface area contributed by atoms with E-state index >= 15 is 0 Å². The van der Waals surface area contributed by atoms with Crippen molar-refractivity contribution in [3.05, 3.63) is 36.0 Å². The summed E-state index contributed by atoms with van der Waals surface area (Å²) in [5.41, 5.74) is 4.06. The number of rotatable bonds is 2. The van der Waals surface area contributed by atoms with Crippen molar-refractivity contribution in [2.45, 2.75) is 51.6 Å². The normalized spacial score (nSPS) is 24.1. The van der Waals surface area contributed by atoms with Crippen LogP contribution in [0.5, 0.6) is 0 Å². The second kappa shape index (κ2) is 5.66. The molecule has 25 heavy (non-hydrogen) atoms. The van der Waals surface area contributed by atoms with Crippen LogP contribution in [0.25, 0.3) is 17.0 Å². The number of aromatic nitrogens is 5. The molecular formula is C19H24N6. The van der Waals surface area contributed by atoms with Crippen LogP contribution in [0.15, 0.2) is 24.7 Å². The SMILES string of the molecule is Cc1cc(C)n2ncc(-c3nccn3[C@@H]3CCCN4CCC[C@H]34)c2n1. The van der Waals surface area contributed by atoms with Gasteiger partial charge in [-0.05, 0) is 58.7 Å². The first-order valence-corrected chi connectivity index (χ1v) is 9.31. The monoisotopic (exact) mass is 336 g/mol. The Morgan fingerprint density at radius 1 is 1.08 bits per heavy atom. The van der Waals surface area contributed by atoms with Crippen molar-refractivity contribution in [1.29, 1.82) is 0 Å². The maximum absolute atomic E-state index is 4.74. The quantitative estimate of drug-likeness (QED) is 0.722. The van der Waals surface area contributed by atoms with E-state index in [1.165, 1.54) is 38.8 Å². The Bertz CT molecular complexity index is 923. The third-order valence-electron chi connectivity index (χ3n) is 5.85. The third-order valence-corrected chi connectivity index (χ3v) is 5.85. The molecule has 0 bridgehead atoms. The highest BCUT2D eigenvalue weighted by atomic mass is 15.3. The number of nitrogens with zero attached hydrogens (tertiary/aromatic N) is 6. The van der Waals surface area contributed by atoms with Crippen LogP contribution in [0.4, 0.5) is 0 Å². The van der Waals surface area contributed by atoms with Crippen LogP contribution in [-0.2, 0) is 0 Å². The van der Waals surface area contributed by atoms with E-state index in [1.54, 1.807) is 0 Å². The Morgan fingerprint density at radius 3 is 2.72 bits per heavy atom. The van der Waals surface area contributed by atoms with Gasteiger partial charge in [0.15, 0.2) is 5.65 Å². The van der Waals surface area contributed by atoms with Crippen molar-refractivity contribution in [3.63, 3.8) is 0 Å². The minimum atomic E-state index is 0.509. The van der Waals surface area contributed by atoms with Gasteiger partial charge in [-0.15, -0.1) is 0 Å². The molecule has 3 aromatic heterocycles. The summed E-state index contributed by atoms with van der Waals surface area (Å²) >= 11 is 0. The first kappa shape index (κ1) is 15.1. The van der Waals surface area contributed by atoms with Gasteiger partial charge < -0.3 is 4.57 Å². The molecule has 2 atom stereocenters. The molecule has 0 spiro atoms. The lowest BCUT2D eigenvalue weighted by Crippen LogP contribution is -2.41. The summed E-state index contributed by atoms with van der Waals surface area (Å²) in [7, 11) is 0. The topological polar surface area (TPSA) is 51.3 Å². The summed E-state index contributed by atoms with van der Waals surface area (Å²) in [6.07, 6.45) is 11.1. The highest BCUT2D eigenvalue weighted by Gasteiger charge is 2.36. The molecule has 5 heterocycles. The zero-order chi connectivity index (χ0) is 17.0. The standard InChI is InChI=1S/C19H24N6/c1-13-11-14(2)25-19(22-13)15(12-21-25)18-20-7-10-24(18)17-6-4-9-23-8-3-5-16(17)23/h7,10-12,16-17H,3-6,8-9H2,1-2H3/t16-,17-/m1/s1. The van der Waals surface area contributed by atoms with Crippen LogP contribution in [-0.4, -0.2) is 48.2 Å². The highest BCUT2D eigenvalue weighted by Crippen LogP contribution is 2.37. The lowest BCUT2D eigenvalue weighted by molar-refractivity contribution is 0.139. The van der Waals surface area contributed by atoms with E-state index in [1.807, 2.05) is 23.8 Å². The summed E-state index contributed by atoms with van der Waals surface area (Å²) in [5, 5.41) is 4.56. The fourth-order valence-electron chi connectivity index (χ4n) is 4.80. The minimum Gasteiger partial charge on any atom is -0.326 e. The molecule has 6 heteroatoms. The van der Waals surface area contributed by atoms with Gasteiger partial charge in [0.1, 0.15) is 5.82 Å². The zero-order valence-electron chi connectivity index (χ0n) is 14.9. The number of hydrogen-bond acceptors (Lipinski definition) is 4. The van der Waals surface area contributed by atoms with Crippen LogP contribution >= 0.6 is 0 Å². The van der Waals surface area contributed by atoms with Gasteiger partial charge in [0.25, 0.3) is 0 Å². The molecule has 2 fully saturated rings. The minimum absolute atomic E-state index is 0.509. The second-order valence-corrected chi connectivity index (χ2v) is 7.45. The van der Waals surface area contributed by atoms with E-state index in [0.29, 0.717) is 12.1 Å². The number of imidazole rings is 1. The molecule has 0 aromatic carbocycles. The molecule has 6 nitrogen and oxygen atoms in total. The van der Waals surface area contributed by atoms with E-state index in [2.05, 4.69) is 33.8 Å². The maximum Gasteiger partial charge on any atom is 0.166 e. The van der Waals surface area contributed by atoms with Crippen molar-refractivity contribution in [2.75, 3.05) is 13.1 Å². The lowest BCUT2D eigenvalue weighted by Gasteiger charge is -2.38. The van der Waals surface area contributed by atoms with Crippen LogP contribution in [0.3, 0.4) is 0 Å². The second-order valence-electron chi connectivity index (χ2n) is 7.45. The molecule has 2 aliphatic rings. The van der Waals surface area contributed by atoms with Crippen LogP contribution in [0, 0.1) is 13.8 Å². The molecule has 0 aliphatic carbocycles. The zero-order valence-corrected chi connectivity index (χ0v) is 14.9. The van der Waals surface area contributed by atoms with E-state index in [0.717, 1.165) is 28.4 Å². The third kappa shape index (κ3) is 2.31. The van der Waals surface area contributed by atoms with Crippen LogP contribution < -0.4 is 0 Å². The predicted octanol–water partition coefficient (Wildman–Crippen LogP) is 3.01.